The molecular formula is C13H22N2O3S2. The summed E-state index contributed by atoms with van der Waals surface area (Å²) < 4.78 is 33.4. The molecular weight excluding hydrogens is 296 g/mol. The molecule has 1 aromatic heterocycles. The van der Waals surface area contributed by atoms with E-state index in [-0.39, 0.29) is 12.1 Å². The summed E-state index contributed by atoms with van der Waals surface area (Å²) >= 11 is 1.32. The zero-order valence-corrected chi connectivity index (χ0v) is 13.7. The lowest BCUT2D eigenvalue weighted by Gasteiger charge is -2.19. The number of thiophene rings is 1. The minimum Gasteiger partial charge on any atom is -0.377 e. The third-order valence-electron chi connectivity index (χ3n) is 3.46. The van der Waals surface area contributed by atoms with Gasteiger partial charge in [-0.1, -0.05) is 0 Å². The van der Waals surface area contributed by atoms with Crippen molar-refractivity contribution >= 4 is 21.4 Å². The molecule has 0 aromatic carbocycles. The molecule has 114 valence electrons. The molecule has 1 fully saturated rings. The van der Waals surface area contributed by atoms with Crippen molar-refractivity contribution < 1.29 is 13.2 Å². The topological polar surface area (TPSA) is 67.4 Å². The lowest BCUT2D eigenvalue weighted by molar-refractivity contribution is 0.0902. The van der Waals surface area contributed by atoms with Crippen LogP contribution in [0.4, 0.5) is 0 Å². The number of hydrogen-bond donors (Lipinski definition) is 2. The second kappa shape index (κ2) is 6.53. The van der Waals surface area contributed by atoms with Gasteiger partial charge in [0.1, 0.15) is 4.21 Å². The summed E-state index contributed by atoms with van der Waals surface area (Å²) in [5, 5.41) is 3.05. The van der Waals surface area contributed by atoms with Crippen LogP contribution >= 0.6 is 11.3 Å². The average molecular weight is 318 g/mol. The number of hydrogen-bond acceptors (Lipinski definition) is 5. The van der Waals surface area contributed by atoms with Crippen LogP contribution in [0.2, 0.25) is 0 Å². The van der Waals surface area contributed by atoms with Crippen LogP contribution in [0.25, 0.3) is 0 Å². The predicted molar refractivity (Wildman–Crippen MR) is 80.6 cm³/mol. The van der Waals surface area contributed by atoms with Crippen LogP contribution in [0.1, 0.15) is 30.2 Å². The number of ether oxygens (including phenoxy) is 1. The third kappa shape index (κ3) is 3.59. The molecule has 7 heteroatoms. The van der Waals surface area contributed by atoms with Crippen LogP contribution in [-0.4, -0.2) is 34.2 Å². The van der Waals surface area contributed by atoms with E-state index in [2.05, 4.69) is 10.0 Å². The fourth-order valence-electron chi connectivity index (χ4n) is 2.33. The van der Waals surface area contributed by atoms with Crippen LogP contribution < -0.4 is 10.0 Å². The highest BCUT2D eigenvalue weighted by molar-refractivity contribution is 7.91. The Kier molecular flexibility index (Phi) is 5.19. The summed E-state index contributed by atoms with van der Waals surface area (Å²) in [7, 11) is -1.60. The molecule has 0 aliphatic carbocycles. The first-order chi connectivity index (χ1) is 9.44. The number of sulfonamides is 1. The van der Waals surface area contributed by atoms with Crippen molar-refractivity contribution in [2.75, 3.05) is 13.7 Å². The van der Waals surface area contributed by atoms with Crippen LogP contribution in [0.3, 0.4) is 0 Å². The van der Waals surface area contributed by atoms with E-state index in [9.17, 15) is 8.42 Å². The average Bonchev–Trinajstić information content (AvgIpc) is 3.00. The maximum atomic E-state index is 12.4. The number of rotatable bonds is 6. The Balaban J connectivity index is 2.11. The molecule has 1 saturated heterocycles. The lowest BCUT2D eigenvalue weighted by atomic mass is 10.1. The van der Waals surface area contributed by atoms with Gasteiger partial charge in [0, 0.05) is 24.1 Å². The summed E-state index contributed by atoms with van der Waals surface area (Å²) in [6.07, 6.45) is 1.90. The van der Waals surface area contributed by atoms with Crippen molar-refractivity contribution in [1.82, 2.24) is 10.0 Å². The van der Waals surface area contributed by atoms with E-state index in [1.165, 1.54) is 11.3 Å². The molecule has 2 rings (SSSR count). The maximum Gasteiger partial charge on any atom is 0.250 e. The highest BCUT2D eigenvalue weighted by atomic mass is 32.2. The zero-order valence-electron chi connectivity index (χ0n) is 12.1. The normalized spacial score (nSPS) is 21.2. The maximum absolute atomic E-state index is 12.4. The van der Waals surface area contributed by atoms with Crippen molar-refractivity contribution in [3.63, 3.8) is 0 Å². The Morgan fingerprint density at radius 2 is 2.30 bits per heavy atom. The SMILES string of the molecule is CNCc1sc(S(=O)(=O)NC(C)C2CCCO2)cc1C. The van der Waals surface area contributed by atoms with Crippen molar-refractivity contribution in [2.45, 2.75) is 49.6 Å². The first-order valence-corrected chi connectivity index (χ1v) is 9.12. The van der Waals surface area contributed by atoms with Gasteiger partial charge in [-0.15, -0.1) is 11.3 Å². The summed E-state index contributed by atoms with van der Waals surface area (Å²) in [5.74, 6) is 0. The van der Waals surface area contributed by atoms with Crippen LogP contribution in [-0.2, 0) is 21.3 Å². The van der Waals surface area contributed by atoms with E-state index in [4.69, 9.17) is 4.74 Å². The molecule has 1 aliphatic rings. The standard InChI is InChI=1S/C13H22N2O3S2/c1-9-7-13(19-12(9)8-14-3)20(16,17)15-10(2)11-5-4-6-18-11/h7,10-11,14-15H,4-6,8H2,1-3H3. The Morgan fingerprint density at radius 3 is 2.90 bits per heavy atom. The molecule has 0 amide bonds. The molecule has 1 aromatic rings. The van der Waals surface area contributed by atoms with Crippen LogP contribution in [0.5, 0.6) is 0 Å². The first kappa shape index (κ1) is 15.9. The Hall–Kier alpha value is -0.470. The second-order valence-electron chi connectivity index (χ2n) is 5.16. The van der Waals surface area contributed by atoms with E-state index >= 15 is 0 Å². The highest BCUT2D eigenvalue weighted by Gasteiger charge is 2.28. The van der Waals surface area contributed by atoms with Crippen molar-refractivity contribution in [3.05, 3.63) is 16.5 Å². The Morgan fingerprint density at radius 1 is 1.55 bits per heavy atom. The molecule has 20 heavy (non-hydrogen) atoms. The molecule has 0 bridgehead atoms. The van der Waals surface area contributed by atoms with E-state index in [0.29, 0.717) is 10.8 Å². The van der Waals surface area contributed by atoms with Gasteiger partial charge in [-0.25, -0.2) is 13.1 Å². The summed E-state index contributed by atoms with van der Waals surface area (Å²) in [6.45, 7) is 5.21. The molecule has 0 spiro atoms. The van der Waals surface area contributed by atoms with Crippen LogP contribution in [0, 0.1) is 6.92 Å². The third-order valence-corrected chi connectivity index (χ3v) is 6.73. The first-order valence-electron chi connectivity index (χ1n) is 6.82. The van der Waals surface area contributed by atoms with Gasteiger partial charge in [0.25, 0.3) is 0 Å². The lowest BCUT2D eigenvalue weighted by Crippen LogP contribution is -2.40. The quantitative estimate of drug-likeness (QED) is 0.836. The number of nitrogens with one attached hydrogen (secondary N) is 2. The Labute approximate surface area is 124 Å². The van der Waals surface area contributed by atoms with Gasteiger partial charge in [-0.05, 0) is 45.4 Å². The van der Waals surface area contributed by atoms with Crippen molar-refractivity contribution in [2.24, 2.45) is 0 Å². The van der Waals surface area contributed by atoms with E-state index in [0.717, 1.165) is 29.9 Å². The summed E-state index contributed by atoms with van der Waals surface area (Å²) in [5.41, 5.74) is 1.01. The smallest absolute Gasteiger partial charge is 0.250 e. The van der Waals surface area contributed by atoms with Gasteiger partial charge >= 0.3 is 0 Å². The minimum atomic E-state index is -3.46. The van der Waals surface area contributed by atoms with Gasteiger partial charge in [0.2, 0.25) is 10.0 Å². The van der Waals surface area contributed by atoms with E-state index in [1.54, 1.807) is 6.07 Å². The van der Waals surface area contributed by atoms with Crippen LogP contribution in [0.15, 0.2) is 10.3 Å². The molecule has 0 saturated carbocycles. The minimum absolute atomic E-state index is 0.0115. The van der Waals surface area contributed by atoms with Gasteiger partial charge in [0.05, 0.1) is 6.10 Å². The monoisotopic (exact) mass is 318 g/mol. The molecule has 2 N–H and O–H groups in total. The van der Waals surface area contributed by atoms with E-state index < -0.39 is 10.0 Å². The van der Waals surface area contributed by atoms with E-state index in [1.807, 2.05) is 20.9 Å². The van der Waals surface area contributed by atoms with Crippen molar-refractivity contribution in [1.29, 1.82) is 0 Å². The van der Waals surface area contributed by atoms with Gasteiger partial charge in [0.15, 0.2) is 0 Å². The predicted octanol–water partition coefficient (Wildman–Crippen LogP) is 1.62. The van der Waals surface area contributed by atoms with Gasteiger partial charge in [-0.3, -0.25) is 0 Å². The second-order valence-corrected chi connectivity index (χ2v) is 8.24. The molecule has 2 heterocycles. The molecule has 1 aliphatic heterocycles. The zero-order chi connectivity index (χ0) is 14.8. The van der Waals surface area contributed by atoms with Crippen molar-refractivity contribution in [3.8, 4) is 0 Å². The molecule has 5 nitrogen and oxygen atoms in total. The summed E-state index contributed by atoms with van der Waals surface area (Å²) in [4.78, 5) is 1.05. The molecule has 2 atom stereocenters. The van der Waals surface area contributed by atoms with Gasteiger partial charge in [-0.2, -0.15) is 0 Å². The fraction of sp³-hybridized carbons (Fsp3) is 0.692. The molecule has 2 unspecified atom stereocenters. The summed E-state index contributed by atoms with van der Waals surface area (Å²) in [6, 6.07) is 1.54. The largest absolute Gasteiger partial charge is 0.377 e. The molecule has 0 radical (unpaired) electrons. The fourth-order valence-corrected chi connectivity index (χ4v) is 5.22. The van der Waals surface area contributed by atoms with Gasteiger partial charge < -0.3 is 10.1 Å². The number of aryl methyl sites for hydroxylation is 1. The Bertz CT molecular complexity index is 548. The highest BCUT2D eigenvalue weighted by Crippen LogP contribution is 2.26.